The summed E-state index contributed by atoms with van der Waals surface area (Å²) < 4.78 is 4.63. The fraction of sp³-hybridized carbons (Fsp3) is 0.200. The first-order valence-electron chi connectivity index (χ1n) is 4.28. The maximum Gasteiger partial charge on any atom is 0.338 e. The summed E-state index contributed by atoms with van der Waals surface area (Å²) in [5.74, 6) is -1.16. The molecule has 0 atom stereocenters. The van der Waals surface area contributed by atoms with E-state index >= 15 is 0 Å². The van der Waals surface area contributed by atoms with Gasteiger partial charge in [-0.3, -0.25) is 4.79 Å². The Morgan fingerprint density at radius 2 is 1.87 bits per heavy atom. The number of benzene rings is 1. The highest BCUT2D eigenvalue weighted by molar-refractivity contribution is 5.92. The lowest BCUT2D eigenvalue weighted by atomic mass is 10.2. The van der Waals surface area contributed by atoms with Crippen LogP contribution in [-0.2, 0) is 9.53 Å². The number of Topliss-reactive ketones (excluding diaryl/α,β-unsaturated/α-hetero) is 1. The van der Waals surface area contributed by atoms with Crippen LogP contribution in [0.25, 0.3) is 0 Å². The minimum atomic E-state index is -0.630. The molecule has 0 aromatic heterocycles. The monoisotopic (exact) mass is 209 g/mol. The minimum absolute atomic E-state index is 0.315. The van der Waals surface area contributed by atoms with Crippen molar-refractivity contribution in [3.05, 3.63) is 29.8 Å². The summed E-state index contributed by atoms with van der Waals surface area (Å²) in [5.41, 5.74) is 6.29. The number of carbonyl (C=O) groups excluding carboxylic acids is 2. The second-order valence-electron chi connectivity index (χ2n) is 2.89. The zero-order valence-electron chi connectivity index (χ0n) is 7.97. The minimum Gasteiger partial charge on any atom is -0.454 e. The van der Waals surface area contributed by atoms with Crippen LogP contribution in [0.2, 0.25) is 0 Å². The number of nitrogen functional groups attached to an aromatic ring is 1. The Kier molecular flexibility index (Phi) is 3.82. The Balaban J connectivity index is 2.54. The molecule has 0 aliphatic heterocycles. The van der Waals surface area contributed by atoms with E-state index in [0.29, 0.717) is 11.3 Å². The zero-order chi connectivity index (χ0) is 11.3. The van der Waals surface area contributed by atoms with Crippen molar-refractivity contribution < 1.29 is 19.4 Å². The molecular formula is C10H11NO4. The number of aliphatic hydroxyl groups excluding tert-OH is 1. The van der Waals surface area contributed by atoms with Crippen molar-refractivity contribution in [1.82, 2.24) is 0 Å². The number of aliphatic hydroxyl groups is 1. The Hall–Kier alpha value is -1.88. The summed E-state index contributed by atoms with van der Waals surface area (Å²) >= 11 is 0. The topological polar surface area (TPSA) is 89.6 Å². The van der Waals surface area contributed by atoms with Crippen molar-refractivity contribution >= 4 is 17.4 Å². The lowest BCUT2D eigenvalue weighted by Crippen LogP contribution is -2.16. The summed E-state index contributed by atoms with van der Waals surface area (Å²) in [6.45, 7) is -1.05. The number of nitrogens with two attached hydrogens (primary N) is 1. The number of ether oxygens (including phenoxy) is 1. The highest BCUT2D eigenvalue weighted by Gasteiger charge is 2.08. The molecule has 0 saturated carbocycles. The van der Waals surface area contributed by atoms with Crippen LogP contribution in [0.3, 0.4) is 0 Å². The second kappa shape index (κ2) is 5.11. The van der Waals surface area contributed by atoms with Crippen LogP contribution >= 0.6 is 0 Å². The molecule has 5 heteroatoms. The van der Waals surface area contributed by atoms with E-state index in [4.69, 9.17) is 10.8 Å². The predicted octanol–water partition coefficient (Wildman–Crippen LogP) is -0.0130. The van der Waals surface area contributed by atoms with Crippen LogP contribution < -0.4 is 5.73 Å². The van der Waals surface area contributed by atoms with Crippen LogP contribution in [0.5, 0.6) is 0 Å². The average molecular weight is 209 g/mol. The van der Waals surface area contributed by atoms with Gasteiger partial charge < -0.3 is 15.6 Å². The van der Waals surface area contributed by atoms with Crippen LogP contribution in [0.15, 0.2) is 24.3 Å². The van der Waals surface area contributed by atoms with Crippen LogP contribution in [-0.4, -0.2) is 30.1 Å². The number of rotatable bonds is 4. The van der Waals surface area contributed by atoms with Crippen molar-refractivity contribution in [2.24, 2.45) is 0 Å². The van der Waals surface area contributed by atoms with Gasteiger partial charge in [-0.1, -0.05) is 0 Å². The lowest BCUT2D eigenvalue weighted by Gasteiger charge is -2.02. The van der Waals surface area contributed by atoms with Gasteiger partial charge in [-0.2, -0.15) is 0 Å². The maximum atomic E-state index is 11.3. The standard InChI is InChI=1S/C10H11NO4/c11-8-3-1-7(2-4-8)10(14)15-6-9(13)5-12/h1-4,12H,5-6,11H2. The number of hydrogen-bond acceptors (Lipinski definition) is 5. The van der Waals surface area contributed by atoms with E-state index in [0.717, 1.165) is 0 Å². The fourth-order valence-electron chi connectivity index (χ4n) is 0.894. The summed E-state index contributed by atoms with van der Waals surface area (Å²) in [6, 6.07) is 6.12. The van der Waals surface area contributed by atoms with Gasteiger partial charge in [-0.25, -0.2) is 4.79 Å². The molecule has 1 aromatic rings. The SMILES string of the molecule is Nc1ccc(C(=O)OCC(=O)CO)cc1. The summed E-state index contributed by atoms with van der Waals surface area (Å²) in [7, 11) is 0. The third kappa shape index (κ3) is 3.40. The van der Waals surface area contributed by atoms with Gasteiger partial charge in [0, 0.05) is 5.69 Å². The van der Waals surface area contributed by atoms with Gasteiger partial charge in [0.25, 0.3) is 0 Å². The number of esters is 1. The smallest absolute Gasteiger partial charge is 0.338 e. The molecule has 0 aliphatic carbocycles. The van der Waals surface area contributed by atoms with E-state index in [9.17, 15) is 9.59 Å². The maximum absolute atomic E-state index is 11.3. The first-order valence-corrected chi connectivity index (χ1v) is 4.28. The quantitative estimate of drug-likeness (QED) is 0.537. The van der Waals surface area contributed by atoms with Gasteiger partial charge in [0.1, 0.15) is 6.61 Å². The normalized spacial score (nSPS) is 9.67. The first-order chi connectivity index (χ1) is 7.13. The molecular weight excluding hydrogens is 198 g/mol. The summed E-state index contributed by atoms with van der Waals surface area (Å²) in [4.78, 5) is 21.9. The molecule has 0 amide bonds. The molecule has 0 saturated heterocycles. The molecule has 0 spiro atoms. The van der Waals surface area contributed by atoms with Crippen molar-refractivity contribution in [2.45, 2.75) is 0 Å². The third-order valence-electron chi connectivity index (χ3n) is 1.69. The highest BCUT2D eigenvalue weighted by Crippen LogP contribution is 2.06. The van der Waals surface area contributed by atoms with E-state index in [1.54, 1.807) is 12.1 Å². The van der Waals surface area contributed by atoms with Gasteiger partial charge in [-0.15, -0.1) is 0 Å². The van der Waals surface area contributed by atoms with Crippen molar-refractivity contribution in [3.8, 4) is 0 Å². The van der Waals surface area contributed by atoms with Gasteiger partial charge in [0.05, 0.1) is 5.56 Å². The summed E-state index contributed by atoms with van der Waals surface area (Å²) in [5, 5.41) is 8.40. The van der Waals surface area contributed by atoms with Gasteiger partial charge in [0.15, 0.2) is 12.4 Å². The highest BCUT2D eigenvalue weighted by atomic mass is 16.5. The fourth-order valence-corrected chi connectivity index (χ4v) is 0.894. The first kappa shape index (κ1) is 11.2. The van der Waals surface area contributed by atoms with Crippen LogP contribution in [0, 0.1) is 0 Å². The Morgan fingerprint density at radius 1 is 1.27 bits per heavy atom. The van der Waals surface area contributed by atoms with Crippen LogP contribution in [0.4, 0.5) is 5.69 Å². The van der Waals surface area contributed by atoms with E-state index < -0.39 is 25.0 Å². The van der Waals surface area contributed by atoms with E-state index in [1.165, 1.54) is 12.1 Å². The number of hydrogen-bond donors (Lipinski definition) is 2. The van der Waals surface area contributed by atoms with E-state index in [-0.39, 0.29) is 0 Å². The molecule has 3 N–H and O–H groups in total. The van der Waals surface area contributed by atoms with Crippen LogP contribution in [0.1, 0.15) is 10.4 Å². The molecule has 0 heterocycles. The van der Waals surface area contributed by atoms with Crippen molar-refractivity contribution in [2.75, 3.05) is 18.9 Å². The number of ketones is 1. The molecule has 0 bridgehead atoms. The van der Waals surface area contributed by atoms with Crippen molar-refractivity contribution in [3.63, 3.8) is 0 Å². The van der Waals surface area contributed by atoms with Gasteiger partial charge in [-0.05, 0) is 24.3 Å². The largest absolute Gasteiger partial charge is 0.454 e. The Morgan fingerprint density at radius 3 is 2.40 bits per heavy atom. The molecule has 1 aromatic carbocycles. The molecule has 5 nitrogen and oxygen atoms in total. The second-order valence-corrected chi connectivity index (χ2v) is 2.89. The third-order valence-corrected chi connectivity index (χ3v) is 1.69. The molecule has 0 unspecified atom stereocenters. The molecule has 80 valence electrons. The Bertz CT molecular complexity index is 358. The molecule has 0 radical (unpaired) electrons. The van der Waals surface area contributed by atoms with Gasteiger partial charge in [0.2, 0.25) is 0 Å². The lowest BCUT2D eigenvalue weighted by molar-refractivity contribution is -0.124. The zero-order valence-corrected chi connectivity index (χ0v) is 7.97. The average Bonchev–Trinajstić information content (AvgIpc) is 2.26. The number of carbonyl (C=O) groups is 2. The van der Waals surface area contributed by atoms with Gasteiger partial charge >= 0.3 is 5.97 Å². The van der Waals surface area contributed by atoms with E-state index in [1.807, 2.05) is 0 Å². The molecule has 0 aliphatic rings. The Labute approximate surface area is 86.5 Å². The molecule has 15 heavy (non-hydrogen) atoms. The predicted molar refractivity (Wildman–Crippen MR) is 53.2 cm³/mol. The van der Waals surface area contributed by atoms with E-state index in [2.05, 4.69) is 4.74 Å². The molecule has 1 rings (SSSR count). The van der Waals surface area contributed by atoms with Crippen molar-refractivity contribution in [1.29, 1.82) is 0 Å². The summed E-state index contributed by atoms with van der Waals surface area (Å²) in [6.07, 6.45) is 0. The molecule has 0 fully saturated rings. The number of anilines is 1.